The first-order valence-corrected chi connectivity index (χ1v) is 6.44. The molecule has 0 aliphatic carbocycles. The molecule has 1 aliphatic rings. The number of methoxy groups -OCH3 is 1. The molecule has 0 aromatic carbocycles. The maximum absolute atomic E-state index is 5.40. The first-order chi connectivity index (χ1) is 8.81. The molecule has 100 valence electrons. The van der Waals surface area contributed by atoms with Gasteiger partial charge in [0.05, 0.1) is 11.4 Å². The van der Waals surface area contributed by atoms with Gasteiger partial charge in [-0.2, -0.15) is 0 Å². The predicted molar refractivity (Wildman–Crippen MR) is 71.9 cm³/mol. The highest BCUT2D eigenvalue weighted by atomic mass is 16.5. The van der Waals surface area contributed by atoms with Crippen LogP contribution in [0.2, 0.25) is 0 Å². The number of nitrogen functional groups attached to an aromatic ring is 1. The Morgan fingerprint density at radius 1 is 1.50 bits per heavy atom. The van der Waals surface area contributed by atoms with Crippen LogP contribution in [0.15, 0.2) is 18.3 Å². The molecule has 0 saturated carbocycles. The Balaban J connectivity index is 1.83. The van der Waals surface area contributed by atoms with Gasteiger partial charge in [0.2, 0.25) is 0 Å². The number of pyridine rings is 1. The van der Waals surface area contributed by atoms with Crippen LogP contribution in [0.3, 0.4) is 0 Å². The van der Waals surface area contributed by atoms with E-state index < -0.39 is 0 Å². The Kier molecular flexibility index (Phi) is 4.92. The molecular weight excluding hydrogens is 228 g/mol. The van der Waals surface area contributed by atoms with E-state index in [9.17, 15) is 0 Å². The van der Waals surface area contributed by atoms with E-state index >= 15 is 0 Å². The van der Waals surface area contributed by atoms with Gasteiger partial charge in [-0.1, -0.05) is 0 Å². The fourth-order valence-corrected chi connectivity index (χ4v) is 2.43. The molecule has 2 heterocycles. The van der Waals surface area contributed by atoms with Crippen LogP contribution >= 0.6 is 0 Å². The third kappa shape index (κ3) is 3.66. The summed E-state index contributed by atoms with van der Waals surface area (Å²) in [6.45, 7) is 4.03. The molecular formula is C13H22N4O. The maximum atomic E-state index is 5.40. The average molecular weight is 250 g/mol. The largest absolute Gasteiger partial charge is 0.384 e. The lowest BCUT2D eigenvalue weighted by atomic mass is 9.98. The number of likely N-dealkylation sites (tertiary alicyclic amines) is 1. The van der Waals surface area contributed by atoms with Crippen LogP contribution in [0, 0.1) is 5.92 Å². The molecule has 18 heavy (non-hydrogen) atoms. The van der Waals surface area contributed by atoms with Crippen LogP contribution in [0.1, 0.15) is 18.5 Å². The Morgan fingerprint density at radius 2 is 2.28 bits per heavy atom. The summed E-state index contributed by atoms with van der Waals surface area (Å²) in [6.07, 6.45) is 4.22. The number of rotatable bonds is 5. The monoisotopic (exact) mass is 250 g/mol. The lowest BCUT2D eigenvalue weighted by Gasteiger charge is -2.31. The second-order valence-corrected chi connectivity index (χ2v) is 4.86. The number of hydrazine groups is 1. The number of nitrogens with zero attached hydrogens (tertiary/aromatic N) is 2. The number of anilines is 1. The first kappa shape index (κ1) is 13.3. The summed E-state index contributed by atoms with van der Waals surface area (Å²) in [5.41, 5.74) is 4.63. The van der Waals surface area contributed by atoms with Crippen molar-refractivity contribution in [3.63, 3.8) is 0 Å². The smallest absolute Gasteiger partial charge is 0.0564 e. The van der Waals surface area contributed by atoms with Crippen molar-refractivity contribution in [1.82, 2.24) is 9.88 Å². The summed E-state index contributed by atoms with van der Waals surface area (Å²) < 4.78 is 5.21. The topological polar surface area (TPSA) is 63.4 Å². The Hall–Kier alpha value is -1.17. The van der Waals surface area contributed by atoms with Crippen LogP contribution in [-0.4, -0.2) is 36.7 Å². The summed E-state index contributed by atoms with van der Waals surface area (Å²) in [7, 11) is 1.78. The molecule has 5 nitrogen and oxygen atoms in total. The highest BCUT2D eigenvalue weighted by Crippen LogP contribution is 2.19. The van der Waals surface area contributed by atoms with E-state index in [0.29, 0.717) is 0 Å². The van der Waals surface area contributed by atoms with Crippen molar-refractivity contribution in [2.75, 3.05) is 32.2 Å². The molecule has 0 unspecified atom stereocenters. The van der Waals surface area contributed by atoms with Crippen LogP contribution in [0.4, 0.5) is 5.69 Å². The van der Waals surface area contributed by atoms with Gasteiger partial charge in [-0.15, -0.1) is 0 Å². The minimum Gasteiger partial charge on any atom is -0.384 e. The molecule has 2 rings (SSSR count). The molecule has 3 N–H and O–H groups in total. The van der Waals surface area contributed by atoms with Crippen LogP contribution in [0.5, 0.6) is 0 Å². The Labute approximate surface area is 108 Å². The zero-order valence-electron chi connectivity index (χ0n) is 10.9. The fourth-order valence-electron chi connectivity index (χ4n) is 2.43. The number of hydrogen-bond acceptors (Lipinski definition) is 5. The summed E-state index contributed by atoms with van der Waals surface area (Å²) in [4.78, 5) is 6.81. The second kappa shape index (κ2) is 6.68. The molecule has 0 atom stereocenters. The van der Waals surface area contributed by atoms with Crippen LogP contribution in [-0.2, 0) is 11.3 Å². The predicted octanol–water partition coefficient (Wildman–Crippen LogP) is 1.23. The van der Waals surface area contributed by atoms with Gasteiger partial charge in [-0.3, -0.25) is 15.7 Å². The molecule has 1 aliphatic heterocycles. The molecule has 0 radical (unpaired) electrons. The van der Waals surface area contributed by atoms with Gasteiger partial charge in [0.15, 0.2) is 0 Å². The van der Waals surface area contributed by atoms with E-state index in [1.807, 2.05) is 12.1 Å². The lowest BCUT2D eigenvalue weighted by Crippen LogP contribution is -2.34. The number of aromatic nitrogens is 1. The summed E-state index contributed by atoms with van der Waals surface area (Å²) in [6, 6.07) is 3.87. The molecule has 1 fully saturated rings. The van der Waals surface area contributed by atoms with Gasteiger partial charge < -0.3 is 10.2 Å². The van der Waals surface area contributed by atoms with E-state index in [2.05, 4.69) is 15.3 Å². The standard InChI is InChI=1S/C13H22N4O/c1-18-10-11-3-6-17(7-4-11)9-13-8-12(16-14)2-5-15-13/h2,5,8,11H,3-4,6-7,9-10,14H2,1H3,(H,15,16). The van der Waals surface area contributed by atoms with Gasteiger partial charge in [-0.25, -0.2) is 0 Å². The van der Waals surface area contributed by atoms with Crippen molar-refractivity contribution in [2.45, 2.75) is 19.4 Å². The highest BCUT2D eigenvalue weighted by Gasteiger charge is 2.19. The molecule has 1 aromatic heterocycles. The zero-order chi connectivity index (χ0) is 12.8. The quantitative estimate of drug-likeness (QED) is 0.608. The lowest BCUT2D eigenvalue weighted by molar-refractivity contribution is 0.0963. The fraction of sp³-hybridized carbons (Fsp3) is 0.615. The molecule has 1 aromatic rings. The summed E-state index contributed by atoms with van der Waals surface area (Å²) in [5, 5.41) is 0. The molecule has 1 saturated heterocycles. The number of piperidine rings is 1. The third-order valence-corrected chi connectivity index (χ3v) is 3.48. The van der Waals surface area contributed by atoms with Gasteiger partial charge >= 0.3 is 0 Å². The molecule has 5 heteroatoms. The molecule has 0 amide bonds. The zero-order valence-corrected chi connectivity index (χ0v) is 10.9. The van der Waals surface area contributed by atoms with E-state index in [1.54, 1.807) is 13.3 Å². The van der Waals surface area contributed by atoms with Crippen molar-refractivity contribution in [3.8, 4) is 0 Å². The number of nitrogens with one attached hydrogen (secondary N) is 1. The van der Waals surface area contributed by atoms with E-state index in [0.717, 1.165) is 43.5 Å². The molecule has 0 bridgehead atoms. The van der Waals surface area contributed by atoms with Crippen LogP contribution in [0.25, 0.3) is 0 Å². The van der Waals surface area contributed by atoms with Crippen molar-refractivity contribution in [1.29, 1.82) is 0 Å². The van der Waals surface area contributed by atoms with Crippen molar-refractivity contribution in [3.05, 3.63) is 24.0 Å². The number of ether oxygens (including phenoxy) is 1. The third-order valence-electron chi connectivity index (χ3n) is 3.48. The Bertz CT molecular complexity index is 364. The van der Waals surface area contributed by atoms with Gasteiger partial charge in [0.25, 0.3) is 0 Å². The van der Waals surface area contributed by atoms with Crippen LogP contribution < -0.4 is 11.3 Å². The number of nitrogens with two attached hydrogens (primary N) is 1. The first-order valence-electron chi connectivity index (χ1n) is 6.44. The SMILES string of the molecule is COCC1CCN(Cc2cc(NN)ccn2)CC1. The van der Waals surface area contributed by atoms with Crippen molar-refractivity contribution in [2.24, 2.45) is 11.8 Å². The van der Waals surface area contributed by atoms with Gasteiger partial charge in [-0.05, 0) is 44.0 Å². The van der Waals surface area contributed by atoms with E-state index in [-0.39, 0.29) is 0 Å². The normalized spacial score (nSPS) is 17.9. The second-order valence-electron chi connectivity index (χ2n) is 4.86. The number of hydrogen-bond donors (Lipinski definition) is 2. The molecule has 0 spiro atoms. The Morgan fingerprint density at radius 3 is 2.94 bits per heavy atom. The van der Waals surface area contributed by atoms with E-state index in [1.165, 1.54) is 12.8 Å². The van der Waals surface area contributed by atoms with Gasteiger partial charge in [0.1, 0.15) is 0 Å². The van der Waals surface area contributed by atoms with E-state index in [4.69, 9.17) is 10.6 Å². The van der Waals surface area contributed by atoms with Gasteiger partial charge in [0, 0.05) is 26.5 Å². The average Bonchev–Trinajstić information content (AvgIpc) is 2.42. The summed E-state index contributed by atoms with van der Waals surface area (Å²) >= 11 is 0. The maximum Gasteiger partial charge on any atom is 0.0564 e. The summed E-state index contributed by atoms with van der Waals surface area (Å²) in [5.74, 6) is 6.12. The minimum absolute atomic E-state index is 0.719. The van der Waals surface area contributed by atoms with Crippen molar-refractivity contribution >= 4 is 5.69 Å². The highest BCUT2D eigenvalue weighted by molar-refractivity contribution is 5.41. The van der Waals surface area contributed by atoms with Crippen molar-refractivity contribution < 1.29 is 4.74 Å². The minimum atomic E-state index is 0.719.